The lowest BCUT2D eigenvalue weighted by Crippen LogP contribution is -2.03. The van der Waals surface area contributed by atoms with Gasteiger partial charge in [-0.1, -0.05) is 6.07 Å². The van der Waals surface area contributed by atoms with Gasteiger partial charge >= 0.3 is 0 Å². The molecule has 3 aromatic heterocycles. The van der Waals surface area contributed by atoms with Crippen LogP contribution < -0.4 is 9.47 Å². The van der Waals surface area contributed by atoms with Crippen molar-refractivity contribution >= 4 is 6.29 Å². The maximum absolute atomic E-state index is 11.2. The number of carbonyl (C=O) groups is 1. The van der Waals surface area contributed by atoms with Gasteiger partial charge in [0.05, 0.1) is 24.6 Å². The van der Waals surface area contributed by atoms with E-state index in [9.17, 15) is 4.79 Å². The molecule has 0 saturated heterocycles. The average molecular weight is 324 g/mol. The summed E-state index contributed by atoms with van der Waals surface area (Å²) >= 11 is 0. The van der Waals surface area contributed by atoms with Gasteiger partial charge in [0.15, 0.2) is 6.29 Å². The first-order valence-electron chi connectivity index (χ1n) is 7.27. The van der Waals surface area contributed by atoms with Crippen molar-refractivity contribution in [1.29, 1.82) is 0 Å². The first-order valence-corrected chi connectivity index (χ1v) is 7.27. The van der Waals surface area contributed by atoms with Gasteiger partial charge in [0.2, 0.25) is 5.88 Å². The molecule has 0 amide bonds. The second kappa shape index (κ2) is 6.91. The molecule has 3 rings (SSSR count). The van der Waals surface area contributed by atoms with Crippen molar-refractivity contribution in [3.05, 3.63) is 54.0 Å². The van der Waals surface area contributed by atoms with E-state index in [2.05, 4.69) is 15.1 Å². The Labute approximate surface area is 138 Å². The Bertz CT molecular complexity index is 861. The van der Waals surface area contributed by atoms with Gasteiger partial charge in [0.1, 0.15) is 18.1 Å². The Hall–Kier alpha value is -3.22. The summed E-state index contributed by atoms with van der Waals surface area (Å²) in [6.45, 7) is 0.245. The number of methoxy groups -OCH3 is 1. The standard InChI is InChI=1S/C17H16N4O3/c1-21-7-5-14(20-21)17-12(4-3-6-18-17)11-24-15-9-19-16(23-2)8-13(15)10-22/h3-10H,11H2,1-2H3. The van der Waals surface area contributed by atoms with Crippen LogP contribution in [0, 0.1) is 0 Å². The molecule has 0 radical (unpaired) electrons. The maximum Gasteiger partial charge on any atom is 0.213 e. The number of ether oxygens (including phenoxy) is 2. The van der Waals surface area contributed by atoms with Gasteiger partial charge in [-0.15, -0.1) is 0 Å². The van der Waals surface area contributed by atoms with Crippen LogP contribution in [-0.4, -0.2) is 33.1 Å². The van der Waals surface area contributed by atoms with Crippen LogP contribution in [0.3, 0.4) is 0 Å². The molecule has 0 saturated carbocycles. The quantitative estimate of drug-likeness (QED) is 0.647. The number of aromatic nitrogens is 4. The summed E-state index contributed by atoms with van der Waals surface area (Å²) in [5.41, 5.74) is 2.75. The Kier molecular flexibility index (Phi) is 4.51. The Morgan fingerprint density at radius 1 is 1.29 bits per heavy atom. The first-order chi connectivity index (χ1) is 11.7. The number of aldehydes is 1. The predicted molar refractivity (Wildman–Crippen MR) is 86.9 cm³/mol. The summed E-state index contributed by atoms with van der Waals surface area (Å²) in [7, 11) is 3.34. The molecule has 0 aliphatic carbocycles. The molecule has 3 heterocycles. The van der Waals surface area contributed by atoms with Crippen molar-refractivity contribution < 1.29 is 14.3 Å². The van der Waals surface area contributed by atoms with Crippen LogP contribution in [0.1, 0.15) is 15.9 Å². The van der Waals surface area contributed by atoms with E-state index in [0.717, 1.165) is 17.0 Å². The normalized spacial score (nSPS) is 10.4. The third-order valence-corrected chi connectivity index (χ3v) is 3.44. The molecule has 3 aromatic rings. The van der Waals surface area contributed by atoms with E-state index >= 15 is 0 Å². The third-order valence-electron chi connectivity index (χ3n) is 3.44. The van der Waals surface area contributed by atoms with Gasteiger partial charge in [-0.05, 0) is 12.1 Å². The Morgan fingerprint density at radius 2 is 2.17 bits per heavy atom. The lowest BCUT2D eigenvalue weighted by Gasteiger charge is -2.11. The summed E-state index contributed by atoms with van der Waals surface area (Å²) in [6.07, 6.45) is 5.74. The van der Waals surface area contributed by atoms with E-state index in [-0.39, 0.29) is 6.61 Å². The van der Waals surface area contributed by atoms with Gasteiger partial charge in [-0.25, -0.2) is 4.98 Å². The van der Waals surface area contributed by atoms with Gasteiger partial charge in [0, 0.05) is 31.1 Å². The Balaban J connectivity index is 1.84. The molecule has 0 aliphatic heterocycles. The average Bonchev–Trinajstić information content (AvgIpc) is 3.06. The zero-order chi connectivity index (χ0) is 16.9. The van der Waals surface area contributed by atoms with Crippen LogP contribution in [0.15, 0.2) is 42.9 Å². The second-order valence-electron chi connectivity index (χ2n) is 5.06. The van der Waals surface area contributed by atoms with Gasteiger partial charge in [-0.3, -0.25) is 14.5 Å². The number of pyridine rings is 2. The van der Waals surface area contributed by atoms with E-state index < -0.39 is 0 Å². The molecule has 24 heavy (non-hydrogen) atoms. The minimum atomic E-state index is 0.245. The molecule has 0 N–H and O–H groups in total. The summed E-state index contributed by atoms with van der Waals surface area (Å²) in [4.78, 5) is 19.7. The molecule has 0 atom stereocenters. The van der Waals surface area contributed by atoms with E-state index in [1.165, 1.54) is 19.4 Å². The Morgan fingerprint density at radius 3 is 2.88 bits per heavy atom. The van der Waals surface area contributed by atoms with Crippen LogP contribution >= 0.6 is 0 Å². The summed E-state index contributed by atoms with van der Waals surface area (Å²) in [5.74, 6) is 0.752. The smallest absolute Gasteiger partial charge is 0.213 e. The largest absolute Gasteiger partial charge is 0.486 e. The second-order valence-corrected chi connectivity index (χ2v) is 5.06. The zero-order valence-electron chi connectivity index (χ0n) is 13.3. The predicted octanol–water partition coefficient (Wildman–Crippen LogP) is 2.28. The zero-order valence-corrected chi connectivity index (χ0v) is 13.3. The summed E-state index contributed by atoms with van der Waals surface area (Å²) < 4.78 is 12.5. The highest BCUT2D eigenvalue weighted by atomic mass is 16.5. The summed E-state index contributed by atoms with van der Waals surface area (Å²) in [5, 5.41) is 4.37. The van der Waals surface area contributed by atoms with Crippen molar-refractivity contribution in [2.24, 2.45) is 7.05 Å². The molecule has 0 bridgehead atoms. The van der Waals surface area contributed by atoms with Crippen LogP contribution in [0.4, 0.5) is 0 Å². The monoisotopic (exact) mass is 324 g/mol. The third kappa shape index (κ3) is 3.24. The molecule has 0 unspecified atom stereocenters. The van der Waals surface area contributed by atoms with Crippen LogP contribution in [-0.2, 0) is 13.7 Å². The van der Waals surface area contributed by atoms with E-state index in [4.69, 9.17) is 9.47 Å². The van der Waals surface area contributed by atoms with E-state index in [0.29, 0.717) is 23.5 Å². The molecule has 7 heteroatoms. The lowest BCUT2D eigenvalue weighted by atomic mass is 10.1. The molecular weight excluding hydrogens is 308 g/mol. The van der Waals surface area contributed by atoms with Crippen LogP contribution in [0.2, 0.25) is 0 Å². The molecule has 122 valence electrons. The lowest BCUT2D eigenvalue weighted by molar-refractivity contribution is 0.111. The minimum absolute atomic E-state index is 0.245. The van der Waals surface area contributed by atoms with Crippen molar-refractivity contribution in [3.8, 4) is 23.0 Å². The topological polar surface area (TPSA) is 79.1 Å². The molecule has 0 spiro atoms. The maximum atomic E-state index is 11.2. The molecule has 0 aliphatic rings. The number of rotatable bonds is 6. The fourth-order valence-corrected chi connectivity index (χ4v) is 2.25. The number of carbonyl (C=O) groups excluding carboxylic acids is 1. The number of hydrogen-bond acceptors (Lipinski definition) is 6. The van der Waals surface area contributed by atoms with Gasteiger partial charge < -0.3 is 9.47 Å². The number of aryl methyl sites for hydroxylation is 1. The molecule has 0 fully saturated rings. The van der Waals surface area contributed by atoms with E-state index in [1.807, 2.05) is 31.4 Å². The molecular formula is C17H16N4O3. The molecule has 7 nitrogen and oxygen atoms in total. The van der Waals surface area contributed by atoms with Gasteiger partial charge in [-0.2, -0.15) is 5.10 Å². The highest BCUT2D eigenvalue weighted by Gasteiger charge is 2.11. The van der Waals surface area contributed by atoms with Crippen molar-refractivity contribution in [2.45, 2.75) is 6.61 Å². The van der Waals surface area contributed by atoms with Crippen molar-refractivity contribution in [3.63, 3.8) is 0 Å². The fraction of sp³-hybridized carbons (Fsp3) is 0.176. The first kappa shape index (κ1) is 15.7. The SMILES string of the molecule is COc1cc(C=O)c(OCc2cccnc2-c2ccn(C)n2)cn1. The molecule has 0 aromatic carbocycles. The van der Waals surface area contributed by atoms with E-state index in [1.54, 1.807) is 10.9 Å². The number of nitrogens with zero attached hydrogens (tertiary/aromatic N) is 4. The van der Waals surface area contributed by atoms with Crippen LogP contribution in [0.5, 0.6) is 11.6 Å². The summed E-state index contributed by atoms with van der Waals surface area (Å²) in [6, 6.07) is 7.16. The van der Waals surface area contributed by atoms with Crippen molar-refractivity contribution in [2.75, 3.05) is 7.11 Å². The van der Waals surface area contributed by atoms with Crippen LogP contribution in [0.25, 0.3) is 11.4 Å². The highest BCUT2D eigenvalue weighted by molar-refractivity contribution is 5.79. The highest BCUT2D eigenvalue weighted by Crippen LogP contribution is 2.24. The fourth-order valence-electron chi connectivity index (χ4n) is 2.25. The van der Waals surface area contributed by atoms with Gasteiger partial charge in [0.25, 0.3) is 0 Å². The van der Waals surface area contributed by atoms with Crippen molar-refractivity contribution in [1.82, 2.24) is 19.7 Å². The number of hydrogen-bond donors (Lipinski definition) is 0. The minimum Gasteiger partial charge on any atom is -0.486 e.